The third kappa shape index (κ3) is 2.45. The van der Waals surface area contributed by atoms with Gasteiger partial charge in [0.15, 0.2) is 5.82 Å². The van der Waals surface area contributed by atoms with Crippen molar-refractivity contribution in [1.82, 2.24) is 9.97 Å². The third-order valence-corrected chi connectivity index (χ3v) is 3.10. The molecule has 0 unspecified atom stereocenters. The number of aryl methyl sites for hydroxylation is 1. The highest BCUT2D eigenvalue weighted by Gasteiger charge is 2.08. The Bertz CT molecular complexity index is 554. The van der Waals surface area contributed by atoms with Crippen LogP contribution in [-0.4, -0.2) is 9.97 Å². The summed E-state index contributed by atoms with van der Waals surface area (Å²) < 4.78 is 0.999. The predicted molar refractivity (Wildman–Crippen MR) is 72.5 cm³/mol. The molecule has 3 N–H and O–H groups in total. The van der Waals surface area contributed by atoms with Crippen LogP contribution < -0.4 is 11.3 Å². The number of hydrogen-bond acceptors (Lipinski definition) is 4. The first-order valence-corrected chi connectivity index (χ1v) is 5.99. The molecule has 0 fully saturated rings. The van der Waals surface area contributed by atoms with Gasteiger partial charge in [0.1, 0.15) is 5.82 Å². The highest BCUT2D eigenvalue weighted by molar-refractivity contribution is 9.10. The van der Waals surface area contributed by atoms with Crippen molar-refractivity contribution in [3.63, 3.8) is 0 Å². The highest BCUT2D eigenvalue weighted by Crippen LogP contribution is 2.23. The summed E-state index contributed by atoms with van der Waals surface area (Å²) in [5.74, 6) is 6.78. The Hall–Kier alpha value is -1.46. The lowest BCUT2D eigenvalue weighted by Crippen LogP contribution is -2.12. The Labute approximate surface area is 108 Å². The predicted octanol–water partition coefficient (Wildman–Crippen LogP) is 2.81. The van der Waals surface area contributed by atoms with Gasteiger partial charge in [-0.05, 0) is 26.0 Å². The molecule has 2 rings (SSSR count). The second kappa shape index (κ2) is 4.81. The molecule has 1 aromatic heterocycles. The van der Waals surface area contributed by atoms with Gasteiger partial charge in [-0.25, -0.2) is 15.8 Å². The highest BCUT2D eigenvalue weighted by atomic mass is 79.9. The molecule has 0 radical (unpaired) electrons. The van der Waals surface area contributed by atoms with Crippen molar-refractivity contribution in [3.05, 3.63) is 40.0 Å². The number of anilines is 1. The summed E-state index contributed by atoms with van der Waals surface area (Å²) in [5.41, 5.74) is 5.44. The van der Waals surface area contributed by atoms with Gasteiger partial charge in [-0.2, -0.15) is 0 Å². The van der Waals surface area contributed by atoms with Crippen LogP contribution in [0.1, 0.15) is 11.3 Å². The number of rotatable bonds is 2. The minimum atomic E-state index is 0.660. The SMILES string of the molecule is Cc1nc(-c2cccc(Br)c2)nc(NN)c1C. The fraction of sp³-hybridized carbons (Fsp3) is 0.167. The first kappa shape index (κ1) is 12.0. The number of nitrogens with one attached hydrogen (secondary N) is 1. The van der Waals surface area contributed by atoms with Crippen LogP contribution >= 0.6 is 15.9 Å². The zero-order valence-electron chi connectivity index (χ0n) is 9.66. The van der Waals surface area contributed by atoms with Crippen LogP contribution in [0.3, 0.4) is 0 Å². The Kier molecular flexibility index (Phi) is 3.40. The lowest BCUT2D eigenvalue weighted by molar-refractivity contribution is 1.06. The standard InChI is InChI=1S/C12H13BrN4/c1-7-8(2)15-12(16-11(7)17-14)9-4-3-5-10(13)6-9/h3-6H,14H2,1-2H3,(H,15,16,17). The van der Waals surface area contributed by atoms with Crippen molar-refractivity contribution in [2.75, 3.05) is 5.43 Å². The van der Waals surface area contributed by atoms with Gasteiger partial charge in [0.05, 0.1) is 0 Å². The molecule has 88 valence electrons. The quantitative estimate of drug-likeness (QED) is 0.660. The van der Waals surface area contributed by atoms with Crippen molar-refractivity contribution in [2.24, 2.45) is 5.84 Å². The number of hydrazine groups is 1. The van der Waals surface area contributed by atoms with E-state index in [1.807, 2.05) is 38.1 Å². The summed E-state index contributed by atoms with van der Waals surface area (Å²) in [6.07, 6.45) is 0. The van der Waals surface area contributed by atoms with Gasteiger partial charge in [0.2, 0.25) is 0 Å². The van der Waals surface area contributed by atoms with E-state index in [4.69, 9.17) is 5.84 Å². The summed E-state index contributed by atoms with van der Waals surface area (Å²) in [7, 11) is 0. The molecule has 17 heavy (non-hydrogen) atoms. The van der Waals surface area contributed by atoms with Gasteiger partial charge in [0, 0.05) is 21.3 Å². The zero-order valence-corrected chi connectivity index (χ0v) is 11.2. The normalized spacial score (nSPS) is 10.4. The lowest BCUT2D eigenvalue weighted by Gasteiger charge is -2.09. The Morgan fingerprint density at radius 3 is 2.65 bits per heavy atom. The van der Waals surface area contributed by atoms with Gasteiger partial charge in [0.25, 0.3) is 0 Å². The number of nitrogen functional groups attached to an aromatic ring is 1. The first-order valence-electron chi connectivity index (χ1n) is 5.19. The third-order valence-electron chi connectivity index (χ3n) is 2.61. The molecule has 0 bridgehead atoms. The average Bonchev–Trinajstić information content (AvgIpc) is 2.32. The van der Waals surface area contributed by atoms with E-state index in [9.17, 15) is 0 Å². The maximum Gasteiger partial charge on any atom is 0.161 e. The van der Waals surface area contributed by atoms with Gasteiger partial charge >= 0.3 is 0 Å². The molecule has 0 aliphatic rings. The smallest absolute Gasteiger partial charge is 0.161 e. The van der Waals surface area contributed by atoms with Gasteiger partial charge in [-0.15, -0.1) is 0 Å². The van der Waals surface area contributed by atoms with Crippen LogP contribution in [0.5, 0.6) is 0 Å². The van der Waals surface area contributed by atoms with E-state index in [0.717, 1.165) is 21.3 Å². The van der Waals surface area contributed by atoms with E-state index >= 15 is 0 Å². The molecule has 1 heterocycles. The minimum Gasteiger partial charge on any atom is -0.308 e. The number of benzene rings is 1. The van der Waals surface area contributed by atoms with Crippen LogP contribution in [-0.2, 0) is 0 Å². The Morgan fingerprint density at radius 1 is 1.24 bits per heavy atom. The molecule has 0 amide bonds. The summed E-state index contributed by atoms with van der Waals surface area (Å²) in [6, 6.07) is 7.86. The molecule has 1 aromatic carbocycles. The second-order valence-electron chi connectivity index (χ2n) is 3.76. The first-order chi connectivity index (χ1) is 8.11. The van der Waals surface area contributed by atoms with Crippen LogP contribution in [0.25, 0.3) is 11.4 Å². The summed E-state index contributed by atoms with van der Waals surface area (Å²) >= 11 is 3.43. The molecule has 0 saturated carbocycles. The van der Waals surface area contributed by atoms with Crippen LogP contribution in [0.4, 0.5) is 5.82 Å². The topological polar surface area (TPSA) is 63.8 Å². The van der Waals surface area contributed by atoms with Crippen molar-refractivity contribution < 1.29 is 0 Å². The molecule has 0 saturated heterocycles. The van der Waals surface area contributed by atoms with Crippen molar-refractivity contribution in [2.45, 2.75) is 13.8 Å². The van der Waals surface area contributed by atoms with E-state index in [-0.39, 0.29) is 0 Å². The van der Waals surface area contributed by atoms with E-state index in [1.165, 1.54) is 0 Å². The number of nitrogens with two attached hydrogens (primary N) is 1. The van der Waals surface area contributed by atoms with Gasteiger partial charge < -0.3 is 5.43 Å². The maximum absolute atomic E-state index is 5.45. The Balaban J connectivity index is 2.56. The molecule has 0 spiro atoms. The Morgan fingerprint density at radius 2 is 2.00 bits per heavy atom. The molecular weight excluding hydrogens is 280 g/mol. The fourth-order valence-electron chi connectivity index (χ4n) is 1.53. The number of nitrogens with zero attached hydrogens (tertiary/aromatic N) is 2. The van der Waals surface area contributed by atoms with E-state index < -0.39 is 0 Å². The summed E-state index contributed by atoms with van der Waals surface area (Å²) in [4.78, 5) is 8.86. The monoisotopic (exact) mass is 292 g/mol. The van der Waals surface area contributed by atoms with E-state index in [2.05, 4.69) is 31.3 Å². The second-order valence-corrected chi connectivity index (χ2v) is 4.68. The summed E-state index contributed by atoms with van der Waals surface area (Å²) in [6.45, 7) is 3.88. The van der Waals surface area contributed by atoms with Crippen LogP contribution in [0.2, 0.25) is 0 Å². The minimum absolute atomic E-state index is 0.660. The maximum atomic E-state index is 5.45. The van der Waals surface area contributed by atoms with Crippen molar-refractivity contribution >= 4 is 21.7 Å². The molecule has 2 aromatic rings. The van der Waals surface area contributed by atoms with Crippen LogP contribution in [0.15, 0.2) is 28.7 Å². The largest absolute Gasteiger partial charge is 0.308 e. The summed E-state index contributed by atoms with van der Waals surface area (Å²) in [5, 5.41) is 0. The average molecular weight is 293 g/mol. The van der Waals surface area contributed by atoms with E-state index in [1.54, 1.807) is 0 Å². The molecule has 4 nitrogen and oxygen atoms in total. The lowest BCUT2D eigenvalue weighted by atomic mass is 10.2. The zero-order chi connectivity index (χ0) is 12.4. The van der Waals surface area contributed by atoms with E-state index in [0.29, 0.717) is 11.6 Å². The number of hydrogen-bond donors (Lipinski definition) is 2. The van der Waals surface area contributed by atoms with Crippen LogP contribution in [0, 0.1) is 13.8 Å². The molecule has 0 aliphatic carbocycles. The fourth-order valence-corrected chi connectivity index (χ4v) is 1.93. The van der Waals surface area contributed by atoms with Gasteiger partial charge in [-0.3, -0.25) is 0 Å². The molecule has 0 aliphatic heterocycles. The van der Waals surface area contributed by atoms with Crippen molar-refractivity contribution in [1.29, 1.82) is 0 Å². The van der Waals surface area contributed by atoms with Gasteiger partial charge in [-0.1, -0.05) is 28.1 Å². The van der Waals surface area contributed by atoms with Crippen molar-refractivity contribution in [3.8, 4) is 11.4 Å². The molecule has 0 atom stereocenters. The number of halogens is 1. The number of aromatic nitrogens is 2. The molecule has 5 heteroatoms. The molecular formula is C12H13BrN4.